The van der Waals surface area contributed by atoms with E-state index in [1.165, 1.54) is 35.6 Å². The summed E-state index contributed by atoms with van der Waals surface area (Å²) in [6, 6.07) is 11.4. The largest absolute Gasteiger partial charge is 0.497 e. The number of rotatable bonds is 7. The molecule has 0 aliphatic rings. The molecular weight excluding hydrogens is 394 g/mol. The van der Waals surface area contributed by atoms with Gasteiger partial charge in [0, 0.05) is 35.2 Å². The van der Waals surface area contributed by atoms with Crippen LogP contribution in [-0.2, 0) is 4.79 Å². The Morgan fingerprint density at radius 3 is 2.76 bits per heavy atom. The molecule has 3 aromatic rings. The van der Waals surface area contributed by atoms with Crippen LogP contribution in [0, 0.1) is 10.1 Å². The van der Waals surface area contributed by atoms with Crippen LogP contribution in [0.25, 0.3) is 17.3 Å². The van der Waals surface area contributed by atoms with E-state index in [2.05, 4.69) is 10.3 Å². The van der Waals surface area contributed by atoms with Gasteiger partial charge in [0.2, 0.25) is 5.91 Å². The predicted octanol–water partition coefficient (Wildman–Crippen LogP) is 4.39. The van der Waals surface area contributed by atoms with Crippen molar-refractivity contribution in [2.75, 3.05) is 19.5 Å². The first kappa shape index (κ1) is 20.0. The Labute approximate surface area is 170 Å². The molecular formula is C20H17N3O5S. The van der Waals surface area contributed by atoms with Gasteiger partial charge in [0.1, 0.15) is 11.5 Å². The summed E-state index contributed by atoms with van der Waals surface area (Å²) in [5.74, 6) is 0.887. The predicted molar refractivity (Wildman–Crippen MR) is 111 cm³/mol. The molecule has 1 aromatic heterocycles. The number of ether oxygens (including phenoxy) is 2. The summed E-state index contributed by atoms with van der Waals surface area (Å²) in [6.07, 6.45) is 2.80. The van der Waals surface area contributed by atoms with Crippen LogP contribution in [0.2, 0.25) is 0 Å². The number of anilines is 1. The van der Waals surface area contributed by atoms with E-state index < -0.39 is 4.92 Å². The molecule has 1 amide bonds. The molecule has 0 unspecified atom stereocenters. The lowest BCUT2D eigenvalue weighted by Gasteiger charge is -2.08. The number of amides is 1. The van der Waals surface area contributed by atoms with Gasteiger partial charge < -0.3 is 9.47 Å². The van der Waals surface area contributed by atoms with Gasteiger partial charge in [-0.2, -0.15) is 0 Å². The number of benzene rings is 2. The van der Waals surface area contributed by atoms with Crippen molar-refractivity contribution in [1.82, 2.24) is 4.98 Å². The SMILES string of the molecule is COc1ccc(-c2csc(NC(=O)C=Cc3cccc([N+](=O)[O-])c3)n2)c(OC)c1. The number of hydrogen-bond donors (Lipinski definition) is 1. The summed E-state index contributed by atoms with van der Waals surface area (Å²) in [6.45, 7) is 0. The number of thiazole rings is 1. The van der Waals surface area contributed by atoms with Crippen molar-refractivity contribution < 1.29 is 19.2 Å². The standard InChI is InChI=1S/C20H17N3O5S/c1-27-15-7-8-16(18(11-15)28-2)17-12-29-20(21-17)22-19(24)9-6-13-4-3-5-14(10-13)23(25)26/h3-12H,1-2H3,(H,21,22,24). The molecule has 1 heterocycles. The first-order valence-corrected chi connectivity index (χ1v) is 9.29. The van der Waals surface area contributed by atoms with E-state index in [1.54, 1.807) is 38.5 Å². The van der Waals surface area contributed by atoms with Crippen LogP contribution in [0.3, 0.4) is 0 Å². The van der Waals surface area contributed by atoms with E-state index in [0.717, 1.165) is 5.56 Å². The highest BCUT2D eigenvalue weighted by Crippen LogP contribution is 2.34. The summed E-state index contributed by atoms with van der Waals surface area (Å²) >= 11 is 1.28. The zero-order valence-electron chi connectivity index (χ0n) is 15.6. The van der Waals surface area contributed by atoms with E-state index in [1.807, 2.05) is 11.4 Å². The average Bonchev–Trinajstić information content (AvgIpc) is 3.20. The first-order chi connectivity index (χ1) is 14.0. The molecule has 0 radical (unpaired) electrons. The second-order valence-corrected chi connectivity index (χ2v) is 6.64. The van der Waals surface area contributed by atoms with Crippen molar-refractivity contribution in [1.29, 1.82) is 0 Å². The number of aromatic nitrogens is 1. The molecule has 9 heteroatoms. The monoisotopic (exact) mass is 411 g/mol. The molecule has 1 N–H and O–H groups in total. The van der Waals surface area contributed by atoms with Crippen LogP contribution in [-0.4, -0.2) is 30.0 Å². The summed E-state index contributed by atoms with van der Waals surface area (Å²) in [7, 11) is 3.14. The zero-order valence-corrected chi connectivity index (χ0v) is 16.4. The quantitative estimate of drug-likeness (QED) is 0.351. The number of nitrogens with one attached hydrogen (secondary N) is 1. The minimum atomic E-state index is -0.484. The number of carbonyl (C=O) groups is 1. The Kier molecular flexibility index (Phi) is 6.20. The number of carbonyl (C=O) groups excluding carboxylic acids is 1. The van der Waals surface area contributed by atoms with Crippen LogP contribution < -0.4 is 14.8 Å². The summed E-state index contributed by atoms with van der Waals surface area (Å²) in [4.78, 5) is 26.9. The van der Waals surface area contributed by atoms with Crippen LogP contribution in [0.15, 0.2) is 53.9 Å². The van der Waals surface area contributed by atoms with E-state index in [9.17, 15) is 14.9 Å². The molecule has 0 saturated heterocycles. The van der Waals surface area contributed by atoms with Crippen molar-refractivity contribution >= 4 is 34.1 Å². The highest BCUT2D eigenvalue weighted by atomic mass is 32.1. The lowest BCUT2D eigenvalue weighted by molar-refractivity contribution is -0.384. The van der Waals surface area contributed by atoms with Gasteiger partial charge in [-0.25, -0.2) is 4.98 Å². The molecule has 8 nitrogen and oxygen atoms in total. The molecule has 0 spiro atoms. The molecule has 0 aliphatic heterocycles. The second-order valence-electron chi connectivity index (χ2n) is 5.78. The van der Waals surface area contributed by atoms with Crippen LogP contribution in [0.1, 0.15) is 5.56 Å². The van der Waals surface area contributed by atoms with Gasteiger partial charge in [-0.1, -0.05) is 12.1 Å². The molecule has 3 rings (SSSR count). The maximum atomic E-state index is 12.2. The fourth-order valence-electron chi connectivity index (χ4n) is 2.53. The van der Waals surface area contributed by atoms with Gasteiger partial charge in [0.15, 0.2) is 5.13 Å². The van der Waals surface area contributed by atoms with Gasteiger partial charge in [-0.3, -0.25) is 20.2 Å². The number of non-ortho nitro benzene ring substituents is 1. The second kappa shape index (κ2) is 8.98. The van der Waals surface area contributed by atoms with E-state index >= 15 is 0 Å². The maximum Gasteiger partial charge on any atom is 0.270 e. The molecule has 0 atom stereocenters. The van der Waals surface area contributed by atoms with E-state index in [4.69, 9.17) is 9.47 Å². The molecule has 0 aliphatic carbocycles. The van der Waals surface area contributed by atoms with Crippen molar-refractivity contribution in [3.63, 3.8) is 0 Å². The third kappa shape index (κ3) is 4.96. The lowest BCUT2D eigenvalue weighted by Crippen LogP contribution is -2.07. The highest BCUT2D eigenvalue weighted by Gasteiger charge is 2.12. The summed E-state index contributed by atoms with van der Waals surface area (Å²) < 4.78 is 10.6. The topological polar surface area (TPSA) is 104 Å². The Balaban J connectivity index is 1.71. The van der Waals surface area contributed by atoms with Gasteiger partial charge >= 0.3 is 0 Å². The van der Waals surface area contributed by atoms with Crippen LogP contribution >= 0.6 is 11.3 Å². The van der Waals surface area contributed by atoms with Gasteiger partial charge in [0.25, 0.3) is 5.69 Å². The third-order valence-corrected chi connectivity index (χ3v) is 4.68. The van der Waals surface area contributed by atoms with Crippen LogP contribution in [0.5, 0.6) is 11.5 Å². The fourth-order valence-corrected chi connectivity index (χ4v) is 3.24. The summed E-state index contributed by atoms with van der Waals surface area (Å²) in [5.41, 5.74) is 1.95. The van der Waals surface area contributed by atoms with E-state index in [0.29, 0.717) is 27.9 Å². The Bertz CT molecular complexity index is 1080. The molecule has 2 aromatic carbocycles. The number of hydrogen-bond acceptors (Lipinski definition) is 7. The number of methoxy groups -OCH3 is 2. The number of nitro groups is 1. The van der Waals surface area contributed by atoms with Crippen LogP contribution in [0.4, 0.5) is 10.8 Å². The fraction of sp³-hybridized carbons (Fsp3) is 0.100. The minimum absolute atomic E-state index is 0.0365. The van der Waals surface area contributed by atoms with Crippen molar-refractivity contribution in [3.05, 3.63) is 69.6 Å². The molecule has 148 valence electrons. The normalized spacial score (nSPS) is 10.7. The number of nitrogens with zero attached hydrogens (tertiary/aromatic N) is 2. The van der Waals surface area contributed by atoms with Gasteiger partial charge in [-0.15, -0.1) is 11.3 Å². The van der Waals surface area contributed by atoms with E-state index in [-0.39, 0.29) is 11.6 Å². The maximum absolute atomic E-state index is 12.2. The average molecular weight is 411 g/mol. The highest BCUT2D eigenvalue weighted by molar-refractivity contribution is 7.14. The summed E-state index contributed by atoms with van der Waals surface area (Å²) in [5, 5.41) is 15.7. The number of nitro benzene ring substituents is 1. The van der Waals surface area contributed by atoms with Gasteiger partial charge in [-0.05, 0) is 23.8 Å². The lowest BCUT2D eigenvalue weighted by atomic mass is 10.1. The van der Waals surface area contributed by atoms with Crippen molar-refractivity contribution in [3.8, 4) is 22.8 Å². The van der Waals surface area contributed by atoms with Crippen molar-refractivity contribution in [2.45, 2.75) is 0 Å². The molecule has 0 saturated carbocycles. The van der Waals surface area contributed by atoms with Crippen molar-refractivity contribution in [2.24, 2.45) is 0 Å². The Morgan fingerprint density at radius 1 is 1.21 bits per heavy atom. The molecule has 0 bridgehead atoms. The minimum Gasteiger partial charge on any atom is -0.497 e. The Morgan fingerprint density at radius 2 is 2.03 bits per heavy atom. The Hall–Kier alpha value is -3.72. The first-order valence-electron chi connectivity index (χ1n) is 8.41. The third-order valence-electron chi connectivity index (χ3n) is 3.93. The smallest absolute Gasteiger partial charge is 0.270 e. The molecule has 29 heavy (non-hydrogen) atoms. The molecule has 0 fully saturated rings. The zero-order chi connectivity index (χ0) is 20.8. The van der Waals surface area contributed by atoms with Gasteiger partial charge in [0.05, 0.1) is 24.8 Å².